The van der Waals surface area contributed by atoms with E-state index < -0.39 is 0 Å². The van der Waals surface area contributed by atoms with Crippen LogP contribution in [0.3, 0.4) is 0 Å². The van der Waals surface area contributed by atoms with E-state index in [1.54, 1.807) is 6.26 Å². The van der Waals surface area contributed by atoms with Crippen LogP contribution in [0.5, 0.6) is 0 Å². The highest BCUT2D eigenvalue weighted by Crippen LogP contribution is 2.33. The molecule has 3 aromatic heterocycles. The summed E-state index contributed by atoms with van der Waals surface area (Å²) < 4.78 is 13.5. The van der Waals surface area contributed by atoms with Crippen LogP contribution in [0.4, 0.5) is 11.8 Å². The Bertz CT molecular complexity index is 1150. The molecule has 1 aliphatic heterocycles. The van der Waals surface area contributed by atoms with Crippen LogP contribution >= 0.6 is 15.9 Å². The van der Waals surface area contributed by atoms with E-state index in [2.05, 4.69) is 45.2 Å². The maximum Gasteiger partial charge on any atom is 0.227 e. The monoisotopic (exact) mass is 468 g/mol. The summed E-state index contributed by atoms with van der Waals surface area (Å²) in [7, 11) is 0. The van der Waals surface area contributed by atoms with E-state index in [0.29, 0.717) is 25.7 Å². The molecular formula is C21H21BrN6O2. The second-order valence-corrected chi connectivity index (χ2v) is 7.89. The molecule has 0 aliphatic carbocycles. The van der Waals surface area contributed by atoms with Crippen molar-refractivity contribution in [2.75, 3.05) is 36.5 Å². The van der Waals surface area contributed by atoms with Gasteiger partial charge >= 0.3 is 0 Å². The molecule has 1 fully saturated rings. The van der Waals surface area contributed by atoms with E-state index in [1.165, 1.54) is 5.56 Å². The van der Waals surface area contributed by atoms with Crippen molar-refractivity contribution in [3.05, 3.63) is 58.6 Å². The molecule has 0 unspecified atom stereocenters. The molecule has 30 heavy (non-hydrogen) atoms. The van der Waals surface area contributed by atoms with Gasteiger partial charge in [0, 0.05) is 13.1 Å². The highest BCUT2D eigenvalue weighted by atomic mass is 79.9. The highest BCUT2D eigenvalue weighted by Gasteiger charge is 2.23. The number of hydrogen-bond acceptors (Lipinski definition) is 7. The van der Waals surface area contributed by atoms with E-state index >= 15 is 0 Å². The highest BCUT2D eigenvalue weighted by molar-refractivity contribution is 9.10. The van der Waals surface area contributed by atoms with Crippen molar-refractivity contribution in [2.24, 2.45) is 0 Å². The Kier molecular flexibility index (Phi) is 5.14. The number of ether oxygens (including phenoxy) is 1. The third-order valence-corrected chi connectivity index (χ3v) is 5.61. The summed E-state index contributed by atoms with van der Waals surface area (Å²) in [6, 6.07) is 12.0. The van der Waals surface area contributed by atoms with Crippen LogP contribution in [0.15, 0.2) is 51.7 Å². The first-order chi connectivity index (χ1) is 14.7. The van der Waals surface area contributed by atoms with Crippen molar-refractivity contribution in [3.8, 4) is 5.69 Å². The van der Waals surface area contributed by atoms with Crippen LogP contribution in [0, 0.1) is 6.92 Å². The van der Waals surface area contributed by atoms with Gasteiger partial charge in [0.2, 0.25) is 5.95 Å². The molecule has 1 saturated heterocycles. The largest absolute Gasteiger partial charge is 0.467 e. The fraction of sp³-hybridized carbons (Fsp3) is 0.286. The number of halogens is 1. The molecule has 0 saturated carbocycles. The van der Waals surface area contributed by atoms with Gasteiger partial charge in [-0.1, -0.05) is 17.7 Å². The van der Waals surface area contributed by atoms with E-state index in [4.69, 9.17) is 24.2 Å². The lowest BCUT2D eigenvalue weighted by Crippen LogP contribution is -2.37. The van der Waals surface area contributed by atoms with Crippen molar-refractivity contribution in [1.29, 1.82) is 0 Å². The Balaban J connectivity index is 1.62. The number of anilines is 2. The Labute approximate surface area is 182 Å². The molecule has 0 amide bonds. The minimum absolute atomic E-state index is 0.501. The quantitative estimate of drug-likeness (QED) is 0.475. The van der Waals surface area contributed by atoms with Crippen molar-refractivity contribution in [3.63, 3.8) is 0 Å². The van der Waals surface area contributed by atoms with Gasteiger partial charge in [0.15, 0.2) is 5.65 Å². The van der Waals surface area contributed by atoms with E-state index in [1.807, 2.05) is 28.9 Å². The Morgan fingerprint density at radius 3 is 2.63 bits per heavy atom. The van der Waals surface area contributed by atoms with E-state index in [0.717, 1.165) is 46.0 Å². The first-order valence-corrected chi connectivity index (χ1v) is 10.6. The van der Waals surface area contributed by atoms with Crippen LogP contribution < -0.4 is 10.2 Å². The molecule has 154 valence electrons. The predicted molar refractivity (Wildman–Crippen MR) is 118 cm³/mol. The summed E-state index contributed by atoms with van der Waals surface area (Å²) in [5, 5.41) is 8.90. The molecule has 0 bridgehead atoms. The minimum Gasteiger partial charge on any atom is -0.467 e. The van der Waals surface area contributed by atoms with Gasteiger partial charge in [0.1, 0.15) is 16.2 Å². The summed E-state index contributed by atoms with van der Waals surface area (Å²) >= 11 is 3.64. The number of aromatic nitrogens is 4. The van der Waals surface area contributed by atoms with Gasteiger partial charge in [0.25, 0.3) is 0 Å². The van der Waals surface area contributed by atoms with Gasteiger partial charge in [-0.2, -0.15) is 15.1 Å². The normalized spacial score (nSPS) is 14.4. The fourth-order valence-corrected chi connectivity index (χ4v) is 4.00. The molecule has 0 radical (unpaired) electrons. The first-order valence-electron chi connectivity index (χ1n) is 9.81. The maximum absolute atomic E-state index is 5.53. The standard InChI is InChI=1S/C21H21BrN6O2/c1-14-4-6-15(7-5-14)28-20-17(18(22)26-28)19(27-8-11-29-12-9-27)24-21(25-20)23-13-16-3-2-10-30-16/h2-7,10H,8-9,11-13H2,1H3,(H,23,24,25). The van der Waals surface area contributed by atoms with Gasteiger partial charge in [-0.25, -0.2) is 4.68 Å². The third-order valence-electron chi connectivity index (χ3n) is 5.06. The van der Waals surface area contributed by atoms with Crippen molar-refractivity contribution in [1.82, 2.24) is 19.7 Å². The molecule has 4 heterocycles. The van der Waals surface area contributed by atoms with Crippen LogP contribution in [-0.2, 0) is 11.3 Å². The lowest BCUT2D eigenvalue weighted by Gasteiger charge is -2.28. The fourth-order valence-electron chi connectivity index (χ4n) is 3.49. The molecule has 9 heteroatoms. The van der Waals surface area contributed by atoms with Gasteiger partial charge in [-0.3, -0.25) is 0 Å². The number of morpholine rings is 1. The average molecular weight is 469 g/mol. The number of nitrogens with zero attached hydrogens (tertiary/aromatic N) is 5. The number of furan rings is 1. The molecule has 8 nitrogen and oxygen atoms in total. The molecule has 0 atom stereocenters. The molecule has 4 aromatic rings. The lowest BCUT2D eigenvalue weighted by molar-refractivity contribution is 0.122. The third kappa shape index (κ3) is 3.66. The zero-order valence-corrected chi connectivity index (χ0v) is 18.1. The number of benzene rings is 1. The molecular weight excluding hydrogens is 448 g/mol. The average Bonchev–Trinajstić information content (AvgIpc) is 3.41. The number of hydrogen-bond donors (Lipinski definition) is 1. The SMILES string of the molecule is Cc1ccc(-n2nc(Br)c3c(N4CCOCC4)nc(NCc4ccco4)nc32)cc1. The number of fused-ring (bicyclic) bond motifs is 1. The van der Waals surface area contributed by atoms with E-state index in [-0.39, 0.29) is 0 Å². The molecule has 1 aromatic carbocycles. The topological polar surface area (TPSA) is 81.2 Å². The van der Waals surface area contributed by atoms with Gasteiger partial charge < -0.3 is 19.4 Å². The predicted octanol–water partition coefficient (Wildman–Crippen LogP) is 3.93. The van der Waals surface area contributed by atoms with Gasteiger partial charge in [0.05, 0.1) is 37.1 Å². The Morgan fingerprint density at radius 1 is 1.10 bits per heavy atom. The van der Waals surface area contributed by atoms with Crippen molar-refractivity contribution < 1.29 is 9.15 Å². The Morgan fingerprint density at radius 2 is 1.90 bits per heavy atom. The summed E-state index contributed by atoms with van der Waals surface area (Å²) in [5.41, 5.74) is 2.88. The summed E-state index contributed by atoms with van der Waals surface area (Å²) in [5.74, 6) is 2.19. The van der Waals surface area contributed by atoms with Gasteiger partial charge in [-0.05, 0) is 47.1 Å². The lowest BCUT2D eigenvalue weighted by atomic mass is 10.2. The van der Waals surface area contributed by atoms with Crippen LogP contribution in [0.25, 0.3) is 16.7 Å². The van der Waals surface area contributed by atoms with Crippen LogP contribution in [0.1, 0.15) is 11.3 Å². The van der Waals surface area contributed by atoms with Crippen LogP contribution in [-0.4, -0.2) is 46.1 Å². The number of aryl methyl sites for hydroxylation is 1. The smallest absolute Gasteiger partial charge is 0.227 e. The summed E-state index contributed by atoms with van der Waals surface area (Å²) in [6.07, 6.45) is 1.66. The Hall–Kier alpha value is -2.91. The van der Waals surface area contributed by atoms with Crippen LogP contribution in [0.2, 0.25) is 0 Å². The molecule has 5 rings (SSSR count). The zero-order valence-electron chi connectivity index (χ0n) is 16.5. The van der Waals surface area contributed by atoms with Gasteiger partial charge in [-0.15, -0.1) is 0 Å². The second-order valence-electron chi connectivity index (χ2n) is 7.14. The summed E-state index contributed by atoms with van der Waals surface area (Å²) in [6.45, 7) is 5.45. The summed E-state index contributed by atoms with van der Waals surface area (Å²) in [4.78, 5) is 11.8. The first kappa shape index (κ1) is 19.1. The number of nitrogens with one attached hydrogen (secondary N) is 1. The maximum atomic E-state index is 5.53. The molecule has 1 N–H and O–H groups in total. The van der Waals surface area contributed by atoms with Crippen molar-refractivity contribution in [2.45, 2.75) is 13.5 Å². The zero-order chi connectivity index (χ0) is 20.5. The van der Waals surface area contributed by atoms with Crippen molar-refractivity contribution >= 4 is 38.7 Å². The minimum atomic E-state index is 0.501. The molecule has 0 spiro atoms. The van der Waals surface area contributed by atoms with E-state index in [9.17, 15) is 0 Å². The molecule has 1 aliphatic rings. The number of rotatable bonds is 5. The second kappa shape index (κ2) is 8.08.